The van der Waals surface area contributed by atoms with E-state index in [-0.39, 0.29) is 12.8 Å². The highest BCUT2D eigenvalue weighted by Gasteiger charge is 2.19. The Bertz CT molecular complexity index is 1570. The molecule has 0 spiro atoms. The Morgan fingerprint density at radius 3 is 1.67 bits per heavy atom. The Morgan fingerprint density at radius 1 is 0.795 bits per heavy atom. The first-order valence-electron chi connectivity index (χ1n) is 11.9. The summed E-state index contributed by atoms with van der Waals surface area (Å²) in [4.78, 5) is 18.5. The van der Waals surface area contributed by atoms with Crippen molar-refractivity contribution in [2.45, 2.75) is 33.6 Å². The number of carbonyl (C=O) groups is 1. The molecule has 4 rings (SSSR count). The fourth-order valence-electron chi connectivity index (χ4n) is 4.17. The Labute approximate surface area is 231 Å². The van der Waals surface area contributed by atoms with E-state index in [2.05, 4.69) is 36.5 Å². The SMILES string of the molecule is C.[C-]#[N+]c1ccc(-c2ccc(N)c(C(=O)OC)c2)n1C.[C-]#[N+]c1ccc(-c2ccc(N)c(C(C)(C)C)c2)n1C. The minimum Gasteiger partial charge on any atom is -0.465 e. The lowest BCUT2D eigenvalue weighted by atomic mass is 9.84. The van der Waals surface area contributed by atoms with E-state index in [1.807, 2.05) is 48.0 Å². The normalized spacial score (nSPS) is 10.4. The molecule has 39 heavy (non-hydrogen) atoms. The molecule has 0 amide bonds. The van der Waals surface area contributed by atoms with Crippen LogP contribution < -0.4 is 11.5 Å². The third-order valence-electron chi connectivity index (χ3n) is 6.33. The zero-order valence-corrected chi connectivity index (χ0v) is 22.5. The quantitative estimate of drug-likeness (QED) is 0.166. The lowest BCUT2D eigenvalue weighted by molar-refractivity contribution is 0.0602. The predicted molar refractivity (Wildman–Crippen MR) is 160 cm³/mol. The Kier molecular flexibility index (Phi) is 9.36. The molecule has 0 radical (unpaired) electrons. The van der Waals surface area contributed by atoms with Crippen LogP contribution in [-0.2, 0) is 24.2 Å². The summed E-state index contributed by atoms with van der Waals surface area (Å²) in [6.07, 6.45) is 0. The van der Waals surface area contributed by atoms with E-state index in [1.54, 1.807) is 29.8 Å². The lowest BCUT2D eigenvalue weighted by Crippen LogP contribution is -2.14. The molecule has 0 aliphatic heterocycles. The topological polar surface area (TPSA) is 96.9 Å². The summed E-state index contributed by atoms with van der Waals surface area (Å²) in [5.74, 6) is 0.703. The van der Waals surface area contributed by atoms with E-state index < -0.39 is 5.97 Å². The van der Waals surface area contributed by atoms with Crippen molar-refractivity contribution in [2.75, 3.05) is 18.6 Å². The average molecular weight is 525 g/mol. The molecule has 2 aromatic carbocycles. The second-order valence-electron chi connectivity index (χ2n) is 9.84. The van der Waals surface area contributed by atoms with Crippen LogP contribution in [0.2, 0.25) is 0 Å². The number of anilines is 2. The Balaban J connectivity index is 0.000000267. The molecule has 8 heteroatoms. The number of hydrogen-bond acceptors (Lipinski definition) is 4. The van der Waals surface area contributed by atoms with Crippen LogP contribution in [0.1, 0.15) is 44.1 Å². The van der Waals surface area contributed by atoms with E-state index in [0.717, 1.165) is 33.8 Å². The van der Waals surface area contributed by atoms with Crippen LogP contribution in [0, 0.1) is 13.1 Å². The maximum absolute atomic E-state index is 11.6. The van der Waals surface area contributed by atoms with Crippen molar-refractivity contribution in [3.05, 3.63) is 94.6 Å². The average Bonchev–Trinajstić information content (AvgIpc) is 3.45. The second kappa shape index (κ2) is 12.1. The van der Waals surface area contributed by atoms with Crippen LogP contribution in [0.5, 0.6) is 0 Å². The first-order valence-corrected chi connectivity index (χ1v) is 11.9. The van der Waals surface area contributed by atoms with Gasteiger partial charge in [0, 0.05) is 22.5 Å². The van der Waals surface area contributed by atoms with Crippen molar-refractivity contribution in [3.63, 3.8) is 0 Å². The molecule has 2 heterocycles. The molecular formula is C31H36N6O2. The van der Waals surface area contributed by atoms with Crippen molar-refractivity contribution >= 4 is 29.0 Å². The molecule has 0 atom stereocenters. The van der Waals surface area contributed by atoms with E-state index >= 15 is 0 Å². The number of aromatic nitrogens is 2. The summed E-state index contributed by atoms with van der Waals surface area (Å²) in [5, 5.41) is 0. The number of benzene rings is 2. The number of nitrogens with zero attached hydrogens (tertiary/aromatic N) is 4. The summed E-state index contributed by atoms with van der Waals surface area (Å²) in [6, 6.07) is 18.6. The van der Waals surface area contributed by atoms with Crippen molar-refractivity contribution in [1.29, 1.82) is 0 Å². The summed E-state index contributed by atoms with van der Waals surface area (Å²) in [7, 11) is 5.03. The van der Waals surface area contributed by atoms with Gasteiger partial charge in [-0.25, -0.2) is 4.79 Å². The molecule has 0 fully saturated rings. The van der Waals surface area contributed by atoms with E-state index in [4.69, 9.17) is 29.3 Å². The van der Waals surface area contributed by atoms with Crippen molar-refractivity contribution < 1.29 is 9.53 Å². The van der Waals surface area contributed by atoms with Gasteiger partial charge in [-0.05, 0) is 71.6 Å². The smallest absolute Gasteiger partial charge is 0.339 e. The summed E-state index contributed by atoms with van der Waals surface area (Å²) in [6.45, 7) is 20.6. The van der Waals surface area contributed by atoms with E-state index in [0.29, 0.717) is 22.9 Å². The predicted octanol–water partition coefficient (Wildman–Crippen LogP) is 7.37. The summed E-state index contributed by atoms with van der Waals surface area (Å²) in [5.41, 5.74) is 18.3. The van der Waals surface area contributed by atoms with Gasteiger partial charge in [-0.1, -0.05) is 41.3 Å². The number of nitrogen functional groups attached to an aromatic ring is 2. The van der Waals surface area contributed by atoms with Crippen LogP contribution in [0.4, 0.5) is 23.0 Å². The van der Waals surface area contributed by atoms with E-state index in [1.165, 1.54) is 7.11 Å². The number of rotatable bonds is 3. The number of esters is 1. The van der Waals surface area contributed by atoms with Gasteiger partial charge in [0.15, 0.2) is 0 Å². The number of nitrogens with two attached hydrogens (primary N) is 2. The number of ether oxygens (including phenoxy) is 1. The molecule has 4 aromatic rings. The molecule has 0 saturated heterocycles. The molecule has 0 aliphatic rings. The van der Waals surface area contributed by atoms with Crippen LogP contribution in [0.15, 0.2) is 60.7 Å². The zero-order chi connectivity index (χ0) is 28.2. The molecule has 0 saturated carbocycles. The van der Waals surface area contributed by atoms with E-state index in [9.17, 15) is 4.79 Å². The first kappa shape index (κ1) is 30.3. The zero-order valence-electron chi connectivity index (χ0n) is 22.5. The molecule has 202 valence electrons. The second-order valence-corrected chi connectivity index (χ2v) is 9.84. The third-order valence-corrected chi connectivity index (χ3v) is 6.33. The minimum absolute atomic E-state index is 0. The molecule has 4 N–H and O–H groups in total. The minimum atomic E-state index is -0.473. The molecule has 8 nitrogen and oxygen atoms in total. The largest absolute Gasteiger partial charge is 0.465 e. The van der Waals surface area contributed by atoms with Gasteiger partial charge in [-0.3, -0.25) is 9.13 Å². The van der Waals surface area contributed by atoms with Gasteiger partial charge in [0.1, 0.15) is 11.4 Å². The molecule has 2 aromatic heterocycles. The summed E-state index contributed by atoms with van der Waals surface area (Å²) < 4.78 is 8.36. The third kappa shape index (κ3) is 6.31. The monoisotopic (exact) mass is 524 g/mol. The van der Waals surface area contributed by atoms with Gasteiger partial charge in [0.05, 0.1) is 26.8 Å². The van der Waals surface area contributed by atoms with Gasteiger partial charge in [0.25, 0.3) is 0 Å². The maximum atomic E-state index is 11.6. The maximum Gasteiger partial charge on any atom is 0.339 e. The van der Waals surface area contributed by atoms with Crippen LogP contribution in [-0.4, -0.2) is 22.2 Å². The fourth-order valence-corrected chi connectivity index (χ4v) is 4.17. The molecule has 0 unspecified atom stereocenters. The van der Waals surface area contributed by atoms with Crippen LogP contribution >= 0.6 is 0 Å². The molecule has 0 bridgehead atoms. The standard InChI is InChI=1S/C16H19N3.C14H13N3O2.CH4/c1-16(2,3)12-10-11(6-7-13(12)17)14-8-9-15(18-4)19(14)5;1-16-13-7-6-12(17(13)2)9-4-5-11(15)10(8-9)14(18)19-3;/h6-10H,17H2,1-3,5H3;4-8H,15H2,2-3H3;1H4. The van der Waals surface area contributed by atoms with Crippen LogP contribution in [0.25, 0.3) is 32.2 Å². The van der Waals surface area contributed by atoms with Crippen molar-refractivity contribution in [1.82, 2.24) is 9.13 Å². The highest BCUT2D eigenvalue weighted by molar-refractivity contribution is 5.96. The number of carbonyl (C=O) groups excluding carboxylic acids is 1. The van der Waals surface area contributed by atoms with Crippen LogP contribution in [0.3, 0.4) is 0 Å². The van der Waals surface area contributed by atoms with Gasteiger partial charge in [0.2, 0.25) is 11.6 Å². The highest BCUT2D eigenvalue weighted by atomic mass is 16.5. The molecule has 0 aliphatic carbocycles. The van der Waals surface area contributed by atoms with Gasteiger partial charge >= 0.3 is 5.97 Å². The fraction of sp³-hybridized carbons (Fsp3) is 0.258. The first-order chi connectivity index (χ1) is 17.9. The lowest BCUT2D eigenvalue weighted by Gasteiger charge is -2.22. The number of methoxy groups -OCH3 is 1. The van der Waals surface area contributed by atoms with Crippen molar-refractivity contribution in [2.24, 2.45) is 14.1 Å². The van der Waals surface area contributed by atoms with Crippen molar-refractivity contribution in [3.8, 4) is 22.5 Å². The van der Waals surface area contributed by atoms with Gasteiger partial charge in [-0.2, -0.15) is 0 Å². The molecular weight excluding hydrogens is 488 g/mol. The highest BCUT2D eigenvalue weighted by Crippen LogP contribution is 2.33. The Morgan fingerprint density at radius 2 is 1.26 bits per heavy atom. The van der Waals surface area contributed by atoms with Gasteiger partial charge in [-0.15, -0.1) is 0 Å². The number of hydrogen-bond donors (Lipinski definition) is 2. The summed E-state index contributed by atoms with van der Waals surface area (Å²) >= 11 is 0. The van der Waals surface area contributed by atoms with Gasteiger partial charge < -0.3 is 25.9 Å². The Hall–Kier alpha value is -4.95.